The molecule has 0 radical (unpaired) electrons. The summed E-state index contributed by atoms with van der Waals surface area (Å²) in [6.45, 7) is 6.54. The number of nitrogens with one attached hydrogen (secondary N) is 2. The molecule has 5 nitrogen and oxygen atoms in total. The van der Waals surface area contributed by atoms with Crippen LogP contribution >= 0.6 is 0 Å². The van der Waals surface area contributed by atoms with Crippen molar-refractivity contribution < 1.29 is 9.59 Å². The Labute approximate surface area is 154 Å². The third-order valence-electron chi connectivity index (χ3n) is 4.77. The number of aryl methyl sites for hydroxylation is 3. The van der Waals surface area contributed by atoms with Crippen LogP contribution in [-0.4, -0.2) is 29.4 Å². The number of hydrogen-bond donors (Lipinski definition) is 2. The zero-order valence-corrected chi connectivity index (χ0v) is 15.5. The van der Waals surface area contributed by atoms with Crippen LogP contribution in [0.25, 0.3) is 0 Å². The summed E-state index contributed by atoms with van der Waals surface area (Å²) >= 11 is 0. The molecule has 2 aromatic carbocycles. The number of anilines is 2. The highest BCUT2D eigenvalue weighted by Gasteiger charge is 2.34. The summed E-state index contributed by atoms with van der Waals surface area (Å²) in [5, 5.41) is 5.88. The number of benzene rings is 2. The normalized spacial score (nSPS) is 16.4. The van der Waals surface area contributed by atoms with Gasteiger partial charge in [-0.1, -0.05) is 29.8 Å². The molecule has 1 saturated heterocycles. The van der Waals surface area contributed by atoms with Gasteiger partial charge in [0.15, 0.2) is 0 Å². The summed E-state index contributed by atoms with van der Waals surface area (Å²) in [4.78, 5) is 27.0. The summed E-state index contributed by atoms with van der Waals surface area (Å²) in [5.74, 6) is -0.129. The number of hydrogen-bond acceptors (Lipinski definition) is 2. The van der Waals surface area contributed by atoms with Crippen LogP contribution in [0.1, 0.15) is 29.5 Å². The highest BCUT2D eigenvalue weighted by Crippen LogP contribution is 2.22. The molecule has 3 amide bonds. The molecular weight excluding hydrogens is 326 g/mol. The predicted octanol–water partition coefficient (Wildman–Crippen LogP) is 4.25. The summed E-state index contributed by atoms with van der Waals surface area (Å²) < 4.78 is 0. The van der Waals surface area contributed by atoms with Gasteiger partial charge in [-0.05, 0) is 62.9 Å². The molecule has 136 valence electrons. The van der Waals surface area contributed by atoms with Crippen molar-refractivity contribution in [1.82, 2.24) is 4.90 Å². The molecule has 5 heteroatoms. The van der Waals surface area contributed by atoms with Gasteiger partial charge in [0.05, 0.1) is 0 Å². The van der Waals surface area contributed by atoms with E-state index < -0.39 is 6.04 Å². The van der Waals surface area contributed by atoms with Gasteiger partial charge < -0.3 is 15.5 Å². The zero-order chi connectivity index (χ0) is 18.7. The summed E-state index contributed by atoms with van der Waals surface area (Å²) in [6, 6.07) is 12.9. The lowest BCUT2D eigenvalue weighted by Crippen LogP contribution is -2.45. The number of carbonyl (C=O) groups is 2. The third kappa shape index (κ3) is 4.04. The minimum absolute atomic E-state index is 0.129. The monoisotopic (exact) mass is 351 g/mol. The van der Waals surface area contributed by atoms with Crippen LogP contribution in [0, 0.1) is 20.8 Å². The van der Waals surface area contributed by atoms with Gasteiger partial charge in [-0.2, -0.15) is 0 Å². The fraction of sp³-hybridized carbons (Fsp3) is 0.333. The first kappa shape index (κ1) is 18.0. The van der Waals surface area contributed by atoms with Gasteiger partial charge in [-0.25, -0.2) is 4.79 Å². The Kier molecular flexibility index (Phi) is 5.26. The van der Waals surface area contributed by atoms with Crippen molar-refractivity contribution in [3.05, 3.63) is 59.2 Å². The Balaban J connectivity index is 1.68. The van der Waals surface area contributed by atoms with E-state index in [1.54, 1.807) is 4.90 Å². The van der Waals surface area contributed by atoms with Crippen LogP contribution < -0.4 is 10.6 Å². The summed E-state index contributed by atoms with van der Waals surface area (Å²) in [6.07, 6.45) is 1.50. The van der Waals surface area contributed by atoms with E-state index in [1.165, 1.54) is 0 Å². The number of urea groups is 1. The van der Waals surface area contributed by atoms with E-state index in [-0.39, 0.29) is 11.9 Å². The van der Waals surface area contributed by atoms with E-state index >= 15 is 0 Å². The van der Waals surface area contributed by atoms with Crippen molar-refractivity contribution >= 4 is 23.3 Å². The molecule has 0 saturated carbocycles. The van der Waals surface area contributed by atoms with Crippen molar-refractivity contribution in [1.29, 1.82) is 0 Å². The molecule has 3 rings (SSSR count). The molecule has 1 unspecified atom stereocenters. The van der Waals surface area contributed by atoms with Gasteiger partial charge >= 0.3 is 6.03 Å². The van der Waals surface area contributed by atoms with E-state index in [0.29, 0.717) is 13.0 Å². The molecule has 1 atom stereocenters. The number of likely N-dealkylation sites (tertiary alicyclic amines) is 1. The highest BCUT2D eigenvalue weighted by atomic mass is 16.2. The second-order valence-corrected chi connectivity index (χ2v) is 6.96. The summed E-state index contributed by atoms with van der Waals surface area (Å²) in [5.41, 5.74) is 4.78. The molecular formula is C21H25N3O2. The van der Waals surface area contributed by atoms with E-state index in [1.807, 2.05) is 63.2 Å². The lowest BCUT2D eigenvalue weighted by molar-refractivity contribution is -0.119. The molecule has 0 aliphatic carbocycles. The largest absolute Gasteiger partial charge is 0.324 e. The van der Waals surface area contributed by atoms with Crippen LogP contribution in [0.15, 0.2) is 42.5 Å². The van der Waals surface area contributed by atoms with Crippen LogP contribution in [-0.2, 0) is 4.79 Å². The van der Waals surface area contributed by atoms with Crippen LogP contribution in [0.2, 0.25) is 0 Å². The van der Waals surface area contributed by atoms with Gasteiger partial charge in [-0.3, -0.25) is 4.79 Å². The molecule has 0 aromatic heterocycles. The Hall–Kier alpha value is -2.82. The van der Waals surface area contributed by atoms with Gasteiger partial charge in [0.2, 0.25) is 5.91 Å². The van der Waals surface area contributed by atoms with Gasteiger partial charge in [0, 0.05) is 17.9 Å². The standard InChI is InChI=1S/C21H25N3O2/c1-14-7-10-17(11-8-14)22-21(26)24-12-4-5-19(24)20(25)23-18-13-15(2)6-9-16(18)3/h6-11,13,19H,4-5,12H2,1-3H3,(H,22,26)(H,23,25). The first-order valence-electron chi connectivity index (χ1n) is 8.96. The maximum absolute atomic E-state index is 12.8. The van der Waals surface area contributed by atoms with Crippen molar-refractivity contribution in [3.8, 4) is 0 Å². The SMILES string of the molecule is Cc1ccc(NC(=O)N2CCCC2C(=O)Nc2cc(C)ccc2C)cc1. The molecule has 2 aromatic rings. The first-order chi connectivity index (χ1) is 12.4. The second kappa shape index (κ2) is 7.60. The number of nitrogens with zero attached hydrogens (tertiary/aromatic N) is 1. The summed E-state index contributed by atoms with van der Waals surface area (Å²) in [7, 11) is 0. The van der Waals surface area contributed by atoms with Crippen LogP contribution in [0.4, 0.5) is 16.2 Å². The van der Waals surface area contributed by atoms with Crippen molar-refractivity contribution in [3.63, 3.8) is 0 Å². The Bertz CT molecular complexity index is 815. The molecule has 1 fully saturated rings. The third-order valence-corrected chi connectivity index (χ3v) is 4.77. The average Bonchev–Trinajstić information content (AvgIpc) is 3.10. The van der Waals surface area contributed by atoms with Gasteiger partial charge in [0.25, 0.3) is 0 Å². The lowest BCUT2D eigenvalue weighted by atomic mass is 10.1. The fourth-order valence-electron chi connectivity index (χ4n) is 3.20. The van der Waals surface area contributed by atoms with Crippen molar-refractivity contribution in [2.75, 3.05) is 17.2 Å². The smallest absolute Gasteiger partial charge is 0.322 e. The van der Waals surface area contributed by atoms with E-state index in [9.17, 15) is 9.59 Å². The molecule has 2 N–H and O–H groups in total. The van der Waals surface area contributed by atoms with Crippen molar-refractivity contribution in [2.24, 2.45) is 0 Å². The molecule has 1 aliphatic rings. The topological polar surface area (TPSA) is 61.4 Å². The molecule has 0 spiro atoms. The number of amides is 3. The maximum Gasteiger partial charge on any atom is 0.322 e. The number of carbonyl (C=O) groups excluding carboxylic acids is 2. The fourth-order valence-corrected chi connectivity index (χ4v) is 3.20. The molecule has 0 bridgehead atoms. The van der Waals surface area contributed by atoms with E-state index in [0.717, 1.165) is 34.5 Å². The molecule has 1 aliphatic heterocycles. The zero-order valence-electron chi connectivity index (χ0n) is 15.5. The van der Waals surface area contributed by atoms with Crippen molar-refractivity contribution in [2.45, 2.75) is 39.7 Å². The minimum Gasteiger partial charge on any atom is -0.324 e. The number of rotatable bonds is 3. The highest BCUT2D eigenvalue weighted by molar-refractivity contribution is 6.00. The lowest BCUT2D eigenvalue weighted by Gasteiger charge is -2.24. The predicted molar refractivity (Wildman–Crippen MR) is 104 cm³/mol. The van der Waals surface area contributed by atoms with Gasteiger partial charge in [0.1, 0.15) is 6.04 Å². The van der Waals surface area contributed by atoms with Crippen LogP contribution in [0.3, 0.4) is 0 Å². The Morgan fingerprint density at radius 2 is 1.65 bits per heavy atom. The first-order valence-corrected chi connectivity index (χ1v) is 8.96. The van der Waals surface area contributed by atoms with E-state index in [4.69, 9.17) is 0 Å². The van der Waals surface area contributed by atoms with E-state index in [2.05, 4.69) is 10.6 Å². The quantitative estimate of drug-likeness (QED) is 0.868. The Morgan fingerprint density at radius 3 is 2.38 bits per heavy atom. The average molecular weight is 351 g/mol. The Morgan fingerprint density at radius 1 is 0.962 bits per heavy atom. The van der Waals surface area contributed by atoms with Gasteiger partial charge in [-0.15, -0.1) is 0 Å². The molecule has 26 heavy (non-hydrogen) atoms. The maximum atomic E-state index is 12.8. The molecule has 1 heterocycles. The minimum atomic E-state index is -0.444. The van der Waals surface area contributed by atoms with Crippen LogP contribution in [0.5, 0.6) is 0 Å². The second-order valence-electron chi connectivity index (χ2n) is 6.96.